The molecule has 0 aliphatic carbocycles. The topological polar surface area (TPSA) is 86.7 Å². The SMILES string of the molecule is Cc1c(F)ccc2c(S(=O)(=O)Nc3ccc(C(=O)N4CCC(O)(c5ccccc5Cl)CC4)cc3)cccc12. The zero-order chi connectivity index (χ0) is 27.1. The second-order valence-electron chi connectivity index (χ2n) is 9.51. The van der Waals surface area contributed by atoms with Crippen LogP contribution in [-0.4, -0.2) is 37.4 Å². The van der Waals surface area contributed by atoms with Gasteiger partial charge in [0.25, 0.3) is 15.9 Å². The maximum atomic E-state index is 14.0. The van der Waals surface area contributed by atoms with Gasteiger partial charge >= 0.3 is 0 Å². The lowest BCUT2D eigenvalue weighted by molar-refractivity contribution is -0.0210. The third-order valence-electron chi connectivity index (χ3n) is 7.15. The Morgan fingerprint density at radius 2 is 1.63 bits per heavy atom. The molecule has 0 unspecified atom stereocenters. The van der Waals surface area contributed by atoms with Crippen LogP contribution >= 0.6 is 11.6 Å². The van der Waals surface area contributed by atoms with Crippen LogP contribution in [0.15, 0.2) is 83.8 Å². The van der Waals surface area contributed by atoms with E-state index in [0.717, 1.165) is 0 Å². The van der Waals surface area contributed by atoms with Gasteiger partial charge in [0.1, 0.15) is 5.82 Å². The third-order valence-corrected chi connectivity index (χ3v) is 8.92. The van der Waals surface area contributed by atoms with E-state index in [0.29, 0.717) is 64.1 Å². The molecule has 0 spiro atoms. The average molecular weight is 553 g/mol. The highest BCUT2D eigenvalue weighted by atomic mass is 35.5. The van der Waals surface area contributed by atoms with E-state index in [1.165, 1.54) is 30.3 Å². The van der Waals surface area contributed by atoms with Crippen molar-refractivity contribution in [3.63, 3.8) is 0 Å². The van der Waals surface area contributed by atoms with E-state index < -0.39 is 21.4 Å². The van der Waals surface area contributed by atoms with Gasteiger partial charge in [0.2, 0.25) is 0 Å². The van der Waals surface area contributed by atoms with Crippen LogP contribution < -0.4 is 4.72 Å². The summed E-state index contributed by atoms with van der Waals surface area (Å²) in [4.78, 5) is 14.8. The molecule has 4 aromatic carbocycles. The fourth-order valence-corrected chi connectivity index (χ4v) is 6.54. The normalized spacial score (nSPS) is 15.4. The molecule has 0 radical (unpaired) electrons. The van der Waals surface area contributed by atoms with E-state index in [-0.39, 0.29) is 10.8 Å². The van der Waals surface area contributed by atoms with Crippen LogP contribution in [0.5, 0.6) is 0 Å². The fraction of sp³-hybridized carbons (Fsp3) is 0.207. The summed E-state index contributed by atoms with van der Waals surface area (Å²) in [5, 5.41) is 12.6. The summed E-state index contributed by atoms with van der Waals surface area (Å²) in [6.45, 7) is 2.32. The Hall–Kier alpha value is -3.46. The van der Waals surface area contributed by atoms with Crippen molar-refractivity contribution in [3.05, 3.63) is 106 Å². The first-order valence-electron chi connectivity index (χ1n) is 12.2. The highest BCUT2D eigenvalue weighted by Crippen LogP contribution is 2.37. The van der Waals surface area contributed by atoms with Crippen molar-refractivity contribution >= 4 is 44.0 Å². The summed E-state index contributed by atoms with van der Waals surface area (Å²) in [5.41, 5.74) is 0.655. The van der Waals surface area contributed by atoms with E-state index in [1.807, 2.05) is 12.1 Å². The molecule has 0 saturated carbocycles. The minimum Gasteiger partial charge on any atom is -0.385 e. The maximum Gasteiger partial charge on any atom is 0.262 e. The van der Waals surface area contributed by atoms with Crippen molar-refractivity contribution in [2.75, 3.05) is 17.8 Å². The summed E-state index contributed by atoms with van der Waals surface area (Å²) < 4.78 is 42.9. The lowest BCUT2D eigenvalue weighted by Crippen LogP contribution is -2.45. The molecule has 1 fully saturated rings. The summed E-state index contributed by atoms with van der Waals surface area (Å²) in [6.07, 6.45) is 0.712. The summed E-state index contributed by atoms with van der Waals surface area (Å²) in [7, 11) is -3.97. The van der Waals surface area contributed by atoms with Crippen molar-refractivity contribution in [2.24, 2.45) is 0 Å². The molecule has 1 heterocycles. The number of carbonyl (C=O) groups is 1. The molecule has 0 aromatic heterocycles. The van der Waals surface area contributed by atoms with E-state index in [2.05, 4.69) is 4.72 Å². The maximum absolute atomic E-state index is 14.0. The van der Waals surface area contributed by atoms with E-state index in [1.54, 1.807) is 48.2 Å². The second kappa shape index (κ2) is 10.0. The first-order chi connectivity index (χ1) is 18.1. The van der Waals surface area contributed by atoms with Crippen molar-refractivity contribution < 1.29 is 22.7 Å². The number of halogens is 2. The molecule has 1 aliphatic rings. The zero-order valence-electron chi connectivity index (χ0n) is 20.6. The molecule has 4 aromatic rings. The molecular weight excluding hydrogens is 527 g/mol. The van der Waals surface area contributed by atoms with Gasteiger partial charge in [-0.1, -0.05) is 48.0 Å². The highest BCUT2D eigenvalue weighted by molar-refractivity contribution is 7.93. The van der Waals surface area contributed by atoms with Crippen LogP contribution in [0.25, 0.3) is 10.8 Å². The number of hydrogen-bond acceptors (Lipinski definition) is 4. The molecule has 1 amide bonds. The molecular formula is C29H26ClFN2O4S. The number of hydrogen-bond donors (Lipinski definition) is 2. The van der Waals surface area contributed by atoms with Crippen molar-refractivity contribution in [3.8, 4) is 0 Å². The molecule has 2 N–H and O–H groups in total. The Bertz CT molecular complexity index is 1630. The summed E-state index contributed by atoms with van der Waals surface area (Å²) >= 11 is 6.28. The average Bonchev–Trinajstić information content (AvgIpc) is 2.91. The van der Waals surface area contributed by atoms with Gasteiger partial charge in [-0.3, -0.25) is 9.52 Å². The number of amides is 1. The molecule has 38 heavy (non-hydrogen) atoms. The lowest BCUT2D eigenvalue weighted by Gasteiger charge is -2.39. The second-order valence-corrected chi connectivity index (χ2v) is 11.6. The first kappa shape index (κ1) is 26.2. The Morgan fingerprint density at radius 1 is 0.947 bits per heavy atom. The smallest absolute Gasteiger partial charge is 0.262 e. The van der Waals surface area contributed by atoms with Gasteiger partial charge in [-0.25, -0.2) is 12.8 Å². The monoisotopic (exact) mass is 552 g/mol. The summed E-state index contributed by atoms with van der Waals surface area (Å²) in [5.74, 6) is -0.602. The Kier molecular flexibility index (Phi) is 6.90. The highest BCUT2D eigenvalue weighted by Gasteiger charge is 2.37. The minimum absolute atomic E-state index is 0.0394. The number of nitrogens with zero attached hydrogens (tertiary/aromatic N) is 1. The number of aliphatic hydroxyl groups is 1. The Labute approximate surface area is 225 Å². The van der Waals surface area contributed by atoms with Gasteiger partial charge in [0.15, 0.2) is 0 Å². The molecule has 9 heteroatoms. The lowest BCUT2D eigenvalue weighted by atomic mass is 9.84. The van der Waals surface area contributed by atoms with Crippen molar-refractivity contribution in [1.82, 2.24) is 4.90 Å². The van der Waals surface area contributed by atoms with E-state index in [9.17, 15) is 22.7 Å². The number of rotatable bonds is 5. The van der Waals surface area contributed by atoms with Crippen LogP contribution in [0, 0.1) is 12.7 Å². The fourth-order valence-electron chi connectivity index (χ4n) is 4.95. The van der Waals surface area contributed by atoms with E-state index >= 15 is 0 Å². The van der Waals surface area contributed by atoms with Crippen LogP contribution in [0.4, 0.5) is 10.1 Å². The quantitative estimate of drug-likeness (QED) is 0.324. The molecule has 1 aliphatic heterocycles. The van der Waals surface area contributed by atoms with Gasteiger partial charge in [0.05, 0.1) is 10.5 Å². The largest absolute Gasteiger partial charge is 0.385 e. The van der Waals surface area contributed by atoms with Gasteiger partial charge in [-0.15, -0.1) is 0 Å². The molecule has 1 saturated heterocycles. The number of nitrogens with one attached hydrogen (secondary N) is 1. The molecule has 5 rings (SSSR count). The molecule has 196 valence electrons. The van der Waals surface area contributed by atoms with E-state index in [4.69, 9.17) is 11.6 Å². The predicted molar refractivity (Wildman–Crippen MR) is 146 cm³/mol. The van der Waals surface area contributed by atoms with Crippen molar-refractivity contribution in [2.45, 2.75) is 30.3 Å². The Morgan fingerprint density at radius 3 is 2.32 bits per heavy atom. The first-order valence-corrected chi connectivity index (χ1v) is 14.0. The molecule has 0 atom stereocenters. The molecule has 0 bridgehead atoms. The van der Waals surface area contributed by atoms with Crippen LogP contribution in [0.1, 0.15) is 34.3 Å². The van der Waals surface area contributed by atoms with Gasteiger partial charge < -0.3 is 10.0 Å². The number of piperidine rings is 1. The number of fused-ring (bicyclic) bond motifs is 1. The number of likely N-dealkylation sites (tertiary alicyclic amines) is 1. The van der Waals surface area contributed by atoms with Crippen LogP contribution in [-0.2, 0) is 15.6 Å². The predicted octanol–water partition coefficient (Wildman–Crippen LogP) is 5.87. The number of benzene rings is 4. The zero-order valence-corrected chi connectivity index (χ0v) is 22.2. The number of sulfonamides is 1. The van der Waals surface area contributed by atoms with Gasteiger partial charge in [0, 0.05) is 40.3 Å². The summed E-state index contributed by atoms with van der Waals surface area (Å²) in [6, 6.07) is 20.8. The number of aryl methyl sites for hydroxylation is 1. The van der Waals surface area contributed by atoms with Crippen molar-refractivity contribution in [1.29, 1.82) is 0 Å². The van der Waals surface area contributed by atoms with Gasteiger partial charge in [-0.05, 0) is 73.2 Å². The number of carbonyl (C=O) groups excluding carboxylic acids is 1. The van der Waals surface area contributed by atoms with Crippen LogP contribution in [0.3, 0.4) is 0 Å². The molecule has 6 nitrogen and oxygen atoms in total. The third kappa shape index (κ3) is 4.87. The van der Waals surface area contributed by atoms with Crippen LogP contribution in [0.2, 0.25) is 5.02 Å². The van der Waals surface area contributed by atoms with Gasteiger partial charge in [-0.2, -0.15) is 0 Å². The minimum atomic E-state index is -3.97. The number of anilines is 1. The standard InChI is InChI=1S/C29H26ClFN2O4S/c1-19-22-5-4-8-27(23(22)13-14-26(19)31)38(36,37)32-21-11-9-20(10-12-21)28(34)33-17-15-29(35,16-18-33)24-6-2-3-7-25(24)30/h2-14,32,35H,15-18H2,1H3. The Balaban J connectivity index is 1.29.